The standard InChI is InChI=1S/C21H24O6/c1-4-6-18(25)27-17(10-7-12(3)5-2)13-11-16(24)19-14(22)8-9-15(23)20(19)21(13)26/h7-9,11,17,22-23H,4-6,10H2,1-3H3/t17-/m1/s1. The number of Topliss-reactive ketones (excluding diaryl/α,β-unsaturated/α-hetero) is 1. The van der Waals surface area contributed by atoms with Crippen LogP contribution in [0.4, 0.5) is 0 Å². The monoisotopic (exact) mass is 372 g/mol. The molecule has 0 amide bonds. The van der Waals surface area contributed by atoms with Crippen molar-refractivity contribution in [2.75, 3.05) is 0 Å². The number of ether oxygens (including phenoxy) is 1. The van der Waals surface area contributed by atoms with Crippen molar-refractivity contribution in [1.29, 1.82) is 0 Å². The molecule has 0 saturated heterocycles. The Kier molecular flexibility index (Phi) is 6.55. The van der Waals surface area contributed by atoms with Crippen LogP contribution >= 0.6 is 0 Å². The largest absolute Gasteiger partial charge is 0.507 e. The maximum atomic E-state index is 12.9. The van der Waals surface area contributed by atoms with E-state index in [4.69, 9.17) is 4.74 Å². The molecule has 1 aromatic carbocycles. The van der Waals surface area contributed by atoms with E-state index in [1.165, 1.54) is 0 Å². The zero-order chi connectivity index (χ0) is 20.1. The van der Waals surface area contributed by atoms with E-state index in [0.29, 0.717) is 6.42 Å². The summed E-state index contributed by atoms with van der Waals surface area (Å²) in [5.74, 6) is -2.48. The molecule has 27 heavy (non-hydrogen) atoms. The molecular formula is C21H24O6. The summed E-state index contributed by atoms with van der Waals surface area (Å²) in [6.45, 7) is 5.74. The lowest BCUT2D eigenvalue weighted by atomic mass is 9.85. The number of rotatable bonds is 7. The van der Waals surface area contributed by atoms with E-state index >= 15 is 0 Å². The summed E-state index contributed by atoms with van der Waals surface area (Å²) >= 11 is 0. The van der Waals surface area contributed by atoms with Crippen LogP contribution in [0.15, 0.2) is 35.4 Å². The smallest absolute Gasteiger partial charge is 0.306 e. The summed E-state index contributed by atoms with van der Waals surface area (Å²) < 4.78 is 5.46. The molecule has 2 rings (SSSR count). The van der Waals surface area contributed by atoms with Gasteiger partial charge in [0.15, 0.2) is 11.6 Å². The van der Waals surface area contributed by atoms with Crippen molar-refractivity contribution in [2.45, 2.75) is 52.6 Å². The fourth-order valence-corrected chi connectivity index (χ4v) is 2.84. The lowest BCUT2D eigenvalue weighted by Gasteiger charge is -2.23. The minimum atomic E-state index is -0.933. The van der Waals surface area contributed by atoms with Crippen LogP contribution in [-0.4, -0.2) is 33.9 Å². The maximum Gasteiger partial charge on any atom is 0.306 e. The summed E-state index contributed by atoms with van der Waals surface area (Å²) in [7, 11) is 0. The van der Waals surface area contributed by atoms with E-state index in [-0.39, 0.29) is 35.3 Å². The molecule has 1 atom stereocenters. The lowest BCUT2D eigenvalue weighted by Crippen LogP contribution is -2.29. The van der Waals surface area contributed by atoms with Gasteiger partial charge >= 0.3 is 5.97 Å². The maximum absolute atomic E-state index is 12.9. The second kappa shape index (κ2) is 8.66. The molecule has 0 radical (unpaired) electrons. The molecule has 0 aliphatic heterocycles. The summed E-state index contributed by atoms with van der Waals surface area (Å²) in [5, 5.41) is 20.0. The van der Waals surface area contributed by atoms with Crippen LogP contribution in [0, 0.1) is 0 Å². The summed E-state index contributed by atoms with van der Waals surface area (Å²) in [4.78, 5) is 37.4. The predicted molar refractivity (Wildman–Crippen MR) is 100.0 cm³/mol. The van der Waals surface area contributed by atoms with E-state index in [1.54, 1.807) is 0 Å². The van der Waals surface area contributed by atoms with Crippen LogP contribution in [0.25, 0.3) is 0 Å². The van der Waals surface area contributed by atoms with E-state index in [1.807, 2.05) is 26.8 Å². The lowest BCUT2D eigenvalue weighted by molar-refractivity contribution is -0.147. The molecule has 6 nitrogen and oxygen atoms in total. The number of phenolic OH excluding ortho intramolecular Hbond substituents is 2. The van der Waals surface area contributed by atoms with E-state index < -0.39 is 29.4 Å². The fourth-order valence-electron chi connectivity index (χ4n) is 2.84. The number of hydrogen-bond acceptors (Lipinski definition) is 6. The molecule has 1 aromatic rings. The number of carbonyl (C=O) groups excluding carboxylic acids is 3. The van der Waals surface area contributed by atoms with E-state index in [2.05, 4.69) is 0 Å². The van der Waals surface area contributed by atoms with Gasteiger partial charge in [-0.25, -0.2) is 0 Å². The molecule has 0 fully saturated rings. The van der Waals surface area contributed by atoms with Gasteiger partial charge in [-0.15, -0.1) is 0 Å². The third-order valence-electron chi connectivity index (χ3n) is 4.50. The minimum absolute atomic E-state index is 0.00185. The Labute approximate surface area is 158 Å². The number of aromatic hydroxyl groups is 2. The Hall–Kier alpha value is -2.89. The zero-order valence-electron chi connectivity index (χ0n) is 15.7. The Morgan fingerprint density at radius 2 is 1.78 bits per heavy atom. The molecule has 0 unspecified atom stereocenters. The van der Waals surface area contributed by atoms with Gasteiger partial charge in [-0.1, -0.05) is 25.5 Å². The molecule has 2 N–H and O–H groups in total. The molecule has 0 heterocycles. The third kappa shape index (κ3) is 4.45. The highest BCUT2D eigenvalue weighted by molar-refractivity contribution is 6.27. The van der Waals surface area contributed by atoms with Gasteiger partial charge in [0.25, 0.3) is 0 Å². The van der Waals surface area contributed by atoms with Gasteiger partial charge in [-0.2, -0.15) is 0 Å². The first-order valence-electron chi connectivity index (χ1n) is 9.00. The second-order valence-corrected chi connectivity index (χ2v) is 6.52. The van der Waals surface area contributed by atoms with Gasteiger partial charge in [0.2, 0.25) is 0 Å². The number of ketones is 2. The number of carbonyl (C=O) groups is 3. The van der Waals surface area contributed by atoms with Crippen LogP contribution < -0.4 is 0 Å². The molecule has 6 heteroatoms. The fraction of sp³-hybridized carbons (Fsp3) is 0.381. The molecule has 0 bridgehead atoms. The summed E-state index contributed by atoms with van der Waals surface area (Å²) in [6.07, 6.45) is 3.86. The number of allylic oxidation sites excluding steroid dienone is 2. The molecular weight excluding hydrogens is 348 g/mol. The van der Waals surface area contributed by atoms with E-state index in [9.17, 15) is 24.6 Å². The van der Waals surface area contributed by atoms with Crippen LogP contribution in [0.3, 0.4) is 0 Å². The number of phenols is 2. The van der Waals surface area contributed by atoms with Gasteiger partial charge in [0, 0.05) is 18.4 Å². The summed E-state index contributed by atoms with van der Waals surface area (Å²) in [6, 6.07) is 2.31. The van der Waals surface area contributed by atoms with Crippen molar-refractivity contribution in [3.63, 3.8) is 0 Å². The Morgan fingerprint density at radius 3 is 2.37 bits per heavy atom. The number of benzene rings is 1. The second-order valence-electron chi connectivity index (χ2n) is 6.52. The number of hydrogen-bond donors (Lipinski definition) is 2. The van der Waals surface area contributed by atoms with E-state index in [0.717, 1.165) is 30.2 Å². The SMILES string of the molecule is CCCC(=O)O[C@H](CC=C(C)CC)C1=CC(=O)c2c(O)ccc(O)c2C1=O. The molecule has 1 aliphatic rings. The first-order chi connectivity index (χ1) is 12.8. The predicted octanol–water partition coefficient (Wildman–Crippen LogP) is 3.86. The van der Waals surface area contributed by atoms with Crippen molar-refractivity contribution >= 4 is 17.5 Å². The highest BCUT2D eigenvalue weighted by atomic mass is 16.5. The normalized spacial score (nSPS) is 15.2. The van der Waals surface area contributed by atoms with Gasteiger partial charge in [0.05, 0.1) is 11.1 Å². The average molecular weight is 372 g/mol. The summed E-state index contributed by atoms with van der Waals surface area (Å²) in [5.41, 5.74) is 0.563. The van der Waals surface area contributed by atoms with Crippen LogP contribution in [0.5, 0.6) is 11.5 Å². The van der Waals surface area contributed by atoms with Crippen LogP contribution in [0.2, 0.25) is 0 Å². The Morgan fingerprint density at radius 1 is 1.15 bits per heavy atom. The molecule has 1 aliphatic carbocycles. The van der Waals surface area contributed by atoms with Crippen molar-refractivity contribution in [3.8, 4) is 11.5 Å². The molecule has 0 spiro atoms. The average Bonchev–Trinajstić information content (AvgIpc) is 2.63. The van der Waals surface area contributed by atoms with Gasteiger partial charge < -0.3 is 14.9 Å². The Bertz CT molecular complexity index is 831. The third-order valence-corrected chi connectivity index (χ3v) is 4.50. The van der Waals surface area contributed by atoms with Crippen molar-refractivity contribution in [3.05, 3.63) is 46.6 Å². The van der Waals surface area contributed by atoms with Crippen molar-refractivity contribution in [1.82, 2.24) is 0 Å². The first-order valence-corrected chi connectivity index (χ1v) is 9.00. The number of fused-ring (bicyclic) bond motifs is 1. The highest BCUT2D eigenvalue weighted by Crippen LogP contribution is 2.36. The van der Waals surface area contributed by atoms with Crippen molar-refractivity contribution < 1.29 is 29.3 Å². The topological polar surface area (TPSA) is 101 Å². The Balaban J connectivity index is 2.45. The highest BCUT2D eigenvalue weighted by Gasteiger charge is 2.35. The molecule has 0 aromatic heterocycles. The van der Waals surface area contributed by atoms with Gasteiger partial charge in [0.1, 0.15) is 17.6 Å². The quantitative estimate of drug-likeness (QED) is 0.428. The molecule has 0 saturated carbocycles. The zero-order valence-corrected chi connectivity index (χ0v) is 15.7. The first kappa shape index (κ1) is 20.4. The van der Waals surface area contributed by atoms with Crippen molar-refractivity contribution in [2.24, 2.45) is 0 Å². The molecule has 144 valence electrons. The minimum Gasteiger partial charge on any atom is -0.507 e. The van der Waals surface area contributed by atoms with Gasteiger partial charge in [-0.3, -0.25) is 14.4 Å². The van der Waals surface area contributed by atoms with Crippen LogP contribution in [-0.2, 0) is 9.53 Å². The number of esters is 1. The van der Waals surface area contributed by atoms with Crippen LogP contribution in [0.1, 0.15) is 67.2 Å². The van der Waals surface area contributed by atoms with Gasteiger partial charge in [-0.05, 0) is 38.0 Å².